The molecule has 0 aliphatic carbocycles. The Morgan fingerprint density at radius 1 is 0.444 bits per heavy atom. The molecule has 4 aromatic carbocycles. The normalized spacial score (nSPS) is 12.5. The number of hydrogen-bond donors (Lipinski definition) is 0. The van der Waals surface area contributed by atoms with E-state index in [0.29, 0.717) is 0 Å². The summed E-state index contributed by atoms with van der Waals surface area (Å²) in [7, 11) is -2.53. The summed E-state index contributed by atoms with van der Waals surface area (Å²) in [6.07, 6.45) is 0. The van der Waals surface area contributed by atoms with Crippen LogP contribution in [0.1, 0.15) is 11.5 Å². The van der Waals surface area contributed by atoms with Gasteiger partial charge in [-0.25, -0.2) is 0 Å². The van der Waals surface area contributed by atoms with E-state index in [4.69, 9.17) is 0 Å². The smallest absolute Gasteiger partial charge is 0.196 e. The zero-order chi connectivity index (χ0) is 18.5. The molecule has 0 aliphatic rings. The average Bonchev–Trinajstić information content (AvgIpc) is 2.77. The van der Waals surface area contributed by atoms with E-state index >= 15 is 4.39 Å². The summed E-state index contributed by atoms with van der Waals surface area (Å²) in [5.41, 5.74) is 0.724. The number of hydrogen-bond acceptors (Lipinski definition) is 0. The lowest BCUT2D eigenvalue weighted by molar-refractivity contribution is 0.461. The predicted molar refractivity (Wildman–Crippen MR) is 115 cm³/mol. The minimum atomic E-state index is -2.53. The summed E-state index contributed by atoms with van der Waals surface area (Å²) in [6, 6.07) is 40.0. The highest BCUT2D eigenvalue weighted by atomic mass is 31.2. The van der Waals surface area contributed by atoms with Crippen LogP contribution in [-0.2, 0) is 0 Å². The lowest BCUT2D eigenvalue weighted by atomic mass is 10.2. The fourth-order valence-electron chi connectivity index (χ4n) is 3.66. The highest BCUT2D eigenvalue weighted by Gasteiger charge is 2.53. The largest absolute Gasteiger partial charge is 0.244 e. The minimum Gasteiger partial charge on any atom is -0.196 e. The van der Waals surface area contributed by atoms with E-state index in [0.717, 1.165) is 21.5 Å². The maximum Gasteiger partial charge on any atom is 0.244 e. The third-order valence-electron chi connectivity index (χ3n) is 4.91. The lowest BCUT2D eigenvalue weighted by Crippen LogP contribution is -2.34. The molecule has 0 nitrogen and oxygen atoms in total. The van der Waals surface area contributed by atoms with Gasteiger partial charge in [0.2, 0.25) is 5.91 Å². The Labute approximate surface area is 160 Å². The van der Waals surface area contributed by atoms with Gasteiger partial charge < -0.3 is 0 Å². The Balaban J connectivity index is 2.07. The fraction of sp³-hybridized carbons (Fsp3) is 0.0400. The molecule has 0 fully saturated rings. The summed E-state index contributed by atoms with van der Waals surface area (Å²) < 4.78 is 16.6. The van der Waals surface area contributed by atoms with Crippen molar-refractivity contribution < 1.29 is 4.39 Å². The molecule has 0 saturated carbocycles. The van der Waals surface area contributed by atoms with Gasteiger partial charge in [0.15, 0.2) is 7.26 Å². The zero-order valence-corrected chi connectivity index (χ0v) is 15.8. The zero-order valence-electron chi connectivity index (χ0n) is 14.9. The molecular formula is C25H21FP+. The number of rotatable bonds is 5. The number of alkyl halides is 1. The Morgan fingerprint density at radius 3 is 1.07 bits per heavy atom. The SMILES string of the molecule is FC(c1ccccc1)[P+](c1ccccc1)(c1ccccc1)c1ccccc1. The molecule has 0 heterocycles. The molecule has 0 aliphatic heterocycles. The highest BCUT2D eigenvalue weighted by Crippen LogP contribution is 2.67. The predicted octanol–water partition coefficient (Wildman–Crippen LogP) is 5.65. The van der Waals surface area contributed by atoms with E-state index in [1.807, 2.05) is 84.9 Å². The maximum absolute atomic E-state index is 16.6. The van der Waals surface area contributed by atoms with E-state index in [9.17, 15) is 0 Å². The third-order valence-corrected chi connectivity index (χ3v) is 9.22. The van der Waals surface area contributed by atoms with E-state index in [1.54, 1.807) is 0 Å². The van der Waals surface area contributed by atoms with Crippen LogP contribution < -0.4 is 15.9 Å². The molecular weight excluding hydrogens is 350 g/mol. The van der Waals surface area contributed by atoms with Crippen molar-refractivity contribution in [2.75, 3.05) is 0 Å². The Morgan fingerprint density at radius 2 is 0.741 bits per heavy atom. The van der Waals surface area contributed by atoms with Gasteiger partial charge in [-0.15, -0.1) is 0 Å². The van der Waals surface area contributed by atoms with Crippen LogP contribution in [0.5, 0.6) is 0 Å². The highest BCUT2D eigenvalue weighted by molar-refractivity contribution is 7.95. The molecule has 0 aromatic heterocycles. The van der Waals surface area contributed by atoms with Gasteiger partial charge in [-0.2, -0.15) is 4.39 Å². The molecule has 0 amide bonds. The molecule has 4 rings (SSSR count). The molecule has 2 heteroatoms. The summed E-state index contributed by atoms with van der Waals surface area (Å²) in [5.74, 6) is -1.12. The molecule has 0 spiro atoms. The Kier molecular flexibility index (Phi) is 5.14. The lowest BCUT2D eigenvalue weighted by Gasteiger charge is -2.30. The van der Waals surface area contributed by atoms with Gasteiger partial charge in [0.05, 0.1) is 0 Å². The van der Waals surface area contributed by atoms with Gasteiger partial charge in [0.1, 0.15) is 15.9 Å². The summed E-state index contributed by atoms with van der Waals surface area (Å²) in [4.78, 5) is 0. The quantitative estimate of drug-likeness (QED) is 0.398. The van der Waals surface area contributed by atoms with E-state index < -0.39 is 13.2 Å². The molecule has 1 atom stereocenters. The second-order valence-electron chi connectivity index (χ2n) is 6.48. The molecule has 0 N–H and O–H groups in total. The van der Waals surface area contributed by atoms with Crippen molar-refractivity contribution in [1.29, 1.82) is 0 Å². The number of halogens is 1. The Hall–Kier alpha value is -2.76. The summed E-state index contributed by atoms with van der Waals surface area (Å²) in [5, 5.41) is 3.16. The van der Waals surface area contributed by atoms with Gasteiger partial charge in [0, 0.05) is 5.56 Å². The van der Waals surface area contributed by atoms with Crippen molar-refractivity contribution in [1.82, 2.24) is 0 Å². The van der Waals surface area contributed by atoms with Crippen molar-refractivity contribution in [3.63, 3.8) is 0 Å². The van der Waals surface area contributed by atoms with Crippen LogP contribution in [0.3, 0.4) is 0 Å². The van der Waals surface area contributed by atoms with Crippen LogP contribution in [0.15, 0.2) is 121 Å². The molecule has 4 aromatic rings. The Bertz CT molecular complexity index is 873. The van der Waals surface area contributed by atoms with E-state index in [1.165, 1.54) is 0 Å². The molecule has 0 saturated heterocycles. The third kappa shape index (κ3) is 3.20. The summed E-state index contributed by atoms with van der Waals surface area (Å²) in [6.45, 7) is 0. The van der Waals surface area contributed by atoms with Gasteiger partial charge in [0.25, 0.3) is 0 Å². The molecule has 27 heavy (non-hydrogen) atoms. The topological polar surface area (TPSA) is 0 Å². The van der Waals surface area contributed by atoms with Crippen LogP contribution in [0, 0.1) is 0 Å². The average molecular weight is 371 g/mol. The van der Waals surface area contributed by atoms with Crippen LogP contribution >= 0.6 is 7.26 Å². The second-order valence-corrected chi connectivity index (χ2v) is 9.92. The van der Waals surface area contributed by atoms with Crippen molar-refractivity contribution >= 4 is 23.2 Å². The van der Waals surface area contributed by atoms with E-state index in [-0.39, 0.29) is 0 Å². The van der Waals surface area contributed by atoms with Crippen molar-refractivity contribution in [3.8, 4) is 0 Å². The molecule has 1 unspecified atom stereocenters. The summed E-state index contributed by atoms with van der Waals surface area (Å²) >= 11 is 0. The first-order valence-electron chi connectivity index (χ1n) is 9.08. The van der Waals surface area contributed by atoms with Gasteiger partial charge in [-0.3, -0.25) is 0 Å². The van der Waals surface area contributed by atoms with Crippen molar-refractivity contribution in [2.24, 2.45) is 0 Å². The first-order chi connectivity index (χ1) is 13.3. The minimum absolute atomic E-state index is 0.724. The monoisotopic (exact) mass is 371 g/mol. The number of benzene rings is 4. The van der Waals surface area contributed by atoms with Crippen LogP contribution in [-0.4, -0.2) is 0 Å². The van der Waals surface area contributed by atoms with Crippen LogP contribution in [0.4, 0.5) is 4.39 Å². The van der Waals surface area contributed by atoms with Crippen LogP contribution in [0.2, 0.25) is 0 Å². The molecule has 0 bridgehead atoms. The second kappa shape index (κ2) is 7.86. The fourth-order valence-corrected chi connectivity index (χ4v) is 7.89. The maximum atomic E-state index is 16.6. The standard InChI is InChI=1S/C25H21FP/c26-25(21-13-5-1-6-14-21)27(22-15-7-2-8-16-22,23-17-9-3-10-18-23)24-19-11-4-12-20-24/h1-20,25H/q+1. The molecule has 132 valence electrons. The first-order valence-corrected chi connectivity index (χ1v) is 10.9. The van der Waals surface area contributed by atoms with Gasteiger partial charge in [-0.05, 0) is 36.4 Å². The first kappa shape index (κ1) is 17.6. The molecule has 0 radical (unpaired) electrons. The van der Waals surface area contributed by atoms with Gasteiger partial charge >= 0.3 is 0 Å². The van der Waals surface area contributed by atoms with Crippen molar-refractivity contribution in [3.05, 3.63) is 127 Å². The van der Waals surface area contributed by atoms with Gasteiger partial charge in [-0.1, -0.05) is 84.9 Å². The van der Waals surface area contributed by atoms with E-state index in [2.05, 4.69) is 36.4 Å². The van der Waals surface area contributed by atoms with Crippen LogP contribution in [0.25, 0.3) is 0 Å². The van der Waals surface area contributed by atoms with Crippen molar-refractivity contribution in [2.45, 2.75) is 5.91 Å².